The molecule has 2 amide bonds. The number of nitrogens with zero attached hydrogens (tertiary/aromatic N) is 1. The second-order valence-electron chi connectivity index (χ2n) is 4.34. The molecule has 0 aromatic heterocycles. The predicted molar refractivity (Wildman–Crippen MR) is 63.5 cm³/mol. The predicted octanol–water partition coefficient (Wildman–Crippen LogP) is 1.47. The highest BCUT2D eigenvalue weighted by molar-refractivity contribution is 6.32. The molecule has 2 bridgehead atoms. The summed E-state index contributed by atoms with van der Waals surface area (Å²) in [6.07, 6.45) is 0.0512. The molecule has 1 aromatic carbocycles. The van der Waals surface area contributed by atoms with Crippen LogP contribution in [0.1, 0.15) is 12.8 Å². The van der Waals surface area contributed by atoms with Crippen molar-refractivity contribution in [1.29, 1.82) is 0 Å². The minimum Gasteiger partial charge on any atom is -0.506 e. The summed E-state index contributed by atoms with van der Waals surface area (Å²) in [6, 6.07) is 4.24. The van der Waals surface area contributed by atoms with Gasteiger partial charge in [0.05, 0.1) is 10.7 Å². The molecule has 18 heavy (non-hydrogen) atoms. The van der Waals surface area contributed by atoms with Gasteiger partial charge in [0.1, 0.15) is 18.0 Å². The molecule has 1 N–H and O–H groups in total. The van der Waals surface area contributed by atoms with E-state index in [-0.39, 0.29) is 22.6 Å². The molecule has 2 saturated heterocycles. The number of carbonyl (C=O) groups excluding carboxylic acids is 2. The molecule has 0 spiro atoms. The highest BCUT2D eigenvalue weighted by Gasteiger charge is 2.47. The van der Waals surface area contributed by atoms with Gasteiger partial charge in [-0.2, -0.15) is 0 Å². The van der Waals surface area contributed by atoms with Gasteiger partial charge in [-0.15, -0.1) is 0 Å². The van der Waals surface area contributed by atoms with Crippen molar-refractivity contribution in [2.75, 3.05) is 4.90 Å². The van der Waals surface area contributed by atoms with Crippen molar-refractivity contribution in [3.05, 3.63) is 23.2 Å². The number of anilines is 1. The fraction of sp³-hybridized carbons (Fsp3) is 0.333. The fourth-order valence-corrected chi connectivity index (χ4v) is 2.46. The summed E-state index contributed by atoms with van der Waals surface area (Å²) in [7, 11) is 0. The molecule has 0 saturated carbocycles. The summed E-state index contributed by atoms with van der Waals surface area (Å²) in [5.74, 6) is -0.817. The van der Waals surface area contributed by atoms with Crippen molar-refractivity contribution in [2.45, 2.75) is 25.0 Å². The lowest BCUT2D eigenvalue weighted by Gasteiger charge is -2.29. The number of morpholine rings is 1. The number of amides is 2. The van der Waals surface area contributed by atoms with E-state index in [1.807, 2.05) is 0 Å². The molecule has 94 valence electrons. The molecule has 3 rings (SSSR count). The molecule has 1 aromatic rings. The molecular formula is C12H10ClNO4. The number of benzene rings is 1. The number of ether oxygens (including phenoxy) is 1. The maximum Gasteiger partial charge on any atom is 0.262 e. The van der Waals surface area contributed by atoms with E-state index in [4.69, 9.17) is 16.3 Å². The second-order valence-corrected chi connectivity index (χ2v) is 4.75. The Morgan fingerprint density at radius 2 is 1.83 bits per heavy atom. The number of rotatable bonds is 1. The van der Waals surface area contributed by atoms with Crippen LogP contribution in [0.15, 0.2) is 18.2 Å². The third-order valence-electron chi connectivity index (χ3n) is 3.20. The number of hydrogen-bond acceptors (Lipinski definition) is 4. The average Bonchev–Trinajstić information content (AvgIpc) is 2.78. The smallest absolute Gasteiger partial charge is 0.262 e. The van der Waals surface area contributed by atoms with Crippen molar-refractivity contribution in [2.24, 2.45) is 0 Å². The lowest BCUT2D eigenvalue weighted by molar-refractivity contribution is -0.146. The first-order chi connectivity index (χ1) is 8.58. The maximum absolute atomic E-state index is 12.1. The SMILES string of the molecule is O=C1C2CCC(O2)C(=O)N1c1ccc(O)c(Cl)c1. The van der Waals surface area contributed by atoms with Crippen LogP contribution in [-0.2, 0) is 14.3 Å². The Labute approximate surface area is 108 Å². The van der Waals surface area contributed by atoms with E-state index in [0.717, 1.165) is 4.90 Å². The van der Waals surface area contributed by atoms with Crippen molar-refractivity contribution in [3.8, 4) is 5.75 Å². The summed E-state index contributed by atoms with van der Waals surface area (Å²) in [6.45, 7) is 0. The number of halogens is 1. The van der Waals surface area contributed by atoms with Gasteiger partial charge in [-0.25, -0.2) is 4.90 Å². The summed E-state index contributed by atoms with van der Waals surface area (Å²) in [4.78, 5) is 25.2. The number of phenols is 1. The van der Waals surface area contributed by atoms with Crippen LogP contribution in [0, 0.1) is 0 Å². The summed E-state index contributed by atoms with van der Waals surface area (Å²) in [5.41, 5.74) is 0.369. The summed E-state index contributed by atoms with van der Waals surface area (Å²) < 4.78 is 5.30. The second kappa shape index (κ2) is 3.96. The number of phenolic OH excluding ortho intramolecular Hbond substituents is 1. The number of hydrogen-bond donors (Lipinski definition) is 1. The Kier molecular flexibility index (Phi) is 2.53. The van der Waals surface area contributed by atoms with E-state index < -0.39 is 12.2 Å². The largest absolute Gasteiger partial charge is 0.506 e. The van der Waals surface area contributed by atoms with Crippen LogP contribution in [0.4, 0.5) is 5.69 Å². The Hall–Kier alpha value is -1.59. The van der Waals surface area contributed by atoms with Gasteiger partial charge in [0.15, 0.2) is 0 Å². The third-order valence-corrected chi connectivity index (χ3v) is 3.50. The maximum atomic E-state index is 12.1. The van der Waals surface area contributed by atoms with Gasteiger partial charge in [-0.1, -0.05) is 11.6 Å². The van der Waals surface area contributed by atoms with Gasteiger partial charge in [-0.05, 0) is 31.0 Å². The first-order valence-corrected chi connectivity index (χ1v) is 5.97. The molecule has 2 heterocycles. The zero-order valence-electron chi connectivity index (χ0n) is 9.30. The number of imide groups is 1. The van der Waals surface area contributed by atoms with Crippen molar-refractivity contribution in [1.82, 2.24) is 0 Å². The van der Waals surface area contributed by atoms with Crippen molar-refractivity contribution < 1.29 is 19.4 Å². The highest BCUT2D eigenvalue weighted by Crippen LogP contribution is 2.34. The van der Waals surface area contributed by atoms with Gasteiger partial charge >= 0.3 is 0 Å². The van der Waals surface area contributed by atoms with Gasteiger partial charge < -0.3 is 9.84 Å². The molecule has 5 nitrogen and oxygen atoms in total. The van der Waals surface area contributed by atoms with Gasteiger partial charge in [0.2, 0.25) is 0 Å². The van der Waals surface area contributed by atoms with Gasteiger partial charge in [0, 0.05) is 0 Å². The van der Waals surface area contributed by atoms with Crippen molar-refractivity contribution in [3.63, 3.8) is 0 Å². The van der Waals surface area contributed by atoms with E-state index in [9.17, 15) is 14.7 Å². The van der Waals surface area contributed by atoms with Gasteiger partial charge in [-0.3, -0.25) is 9.59 Å². The number of aromatic hydroxyl groups is 1. The zero-order chi connectivity index (χ0) is 12.9. The van der Waals surface area contributed by atoms with Crippen LogP contribution in [-0.4, -0.2) is 29.1 Å². The Bertz CT molecular complexity index is 523. The van der Waals surface area contributed by atoms with E-state index >= 15 is 0 Å². The Morgan fingerprint density at radius 1 is 1.22 bits per heavy atom. The normalized spacial score (nSPS) is 26.8. The molecule has 2 aliphatic heterocycles. The first kappa shape index (κ1) is 11.5. The standard InChI is InChI=1S/C12H10ClNO4/c13-7-5-6(1-2-8(7)15)14-11(16)9-3-4-10(18-9)12(14)17/h1-2,5,9-10,15H,3-4H2. The Balaban J connectivity index is 2.02. The third kappa shape index (κ3) is 1.59. The van der Waals surface area contributed by atoms with Crippen LogP contribution in [0.25, 0.3) is 0 Å². The van der Waals surface area contributed by atoms with E-state index in [1.54, 1.807) is 0 Å². The van der Waals surface area contributed by atoms with Crippen LogP contribution in [0.2, 0.25) is 5.02 Å². The van der Waals surface area contributed by atoms with Crippen LogP contribution in [0.5, 0.6) is 5.75 Å². The highest BCUT2D eigenvalue weighted by atomic mass is 35.5. The van der Waals surface area contributed by atoms with E-state index in [1.165, 1.54) is 18.2 Å². The lowest BCUT2D eigenvalue weighted by atomic mass is 10.2. The van der Waals surface area contributed by atoms with Crippen LogP contribution >= 0.6 is 11.6 Å². The summed E-state index contributed by atoms with van der Waals surface area (Å²) >= 11 is 5.79. The number of carbonyl (C=O) groups is 2. The molecule has 0 aliphatic carbocycles. The molecule has 2 unspecified atom stereocenters. The minimum atomic E-state index is -0.541. The average molecular weight is 268 g/mol. The molecule has 2 fully saturated rings. The lowest BCUT2D eigenvalue weighted by Crippen LogP contribution is -2.52. The van der Waals surface area contributed by atoms with Crippen LogP contribution < -0.4 is 4.90 Å². The topological polar surface area (TPSA) is 66.8 Å². The van der Waals surface area contributed by atoms with E-state index in [2.05, 4.69) is 0 Å². The summed E-state index contributed by atoms with van der Waals surface area (Å²) in [5, 5.41) is 9.45. The molecule has 0 radical (unpaired) electrons. The fourth-order valence-electron chi connectivity index (χ4n) is 2.29. The Morgan fingerprint density at radius 3 is 2.39 bits per heavy atom. The number of fused-ring (bicyclic) bond motifs is 2. The molecular weight excluding hydrogens is 258 g/mol. The minimum absolute atomic E-state index is 0.0865. The molecule has 2 atom stereocenters. The van der Waals surface area contributed by atoms with Gasteiger partial charge in [0.25, 0.3) is 11.8 Å². The van der Waals surface area contributed by atoms with Crippen molar-refractivity contribution >= 4 is 29.1 Å². The van der Waals surface area contributed by atoms with E-state index in [0.29, 0.717) is 18.5 Å². The zero-order valence-corrected chi connectivity index (χ0v) is 10.1. The quantitative estimate of drug-likeness (QED) is 0.783. The van der Waals surface area contributed by atoms with Crippen LogP contribution in [0.3, 0.4) is 0 Å². The molecule has 2 aliphatic rings. The monoisotopic (exact) mass is 267 g/mol. The molecule has 6 heteroatoms. The first-order valence-electron chi connectivity index (χ1n) is 5.59.